The molecule has 5 heteroatoms. The zero-order chi connectivity index (χ0) is 14.8. The van der Waals surface area contributed by atoms with E-state index in [1.807, 2.05) is 30.3 Å². The molecule has 1 fully saturated rings. The van der Waals surface area contributed by atoms with E-state index in [9.17, 15) is 9.59 Å². The highest BCUT2D eigenvalue weighted by atomic mass is 79.9. The van der Waals surface area contributed by atoms with Crippen molar-refractivity contribution in [1.82, 2.24) is 10.6 Å². The Morgan fingerprint density at radius 2 is 1.81 bits per heavy atom. The average molecular weight is 347 g/mol. The van der Waals surface area contributed by atoms with Gasteiger partial charge in [0.25, 0.3) is 5.91 Å². The molecule has 108 valence electrons. The second kappa shape index (κ2) is 5.85. The van der Waals surface area contributed by atoms with E-state index in [1.165, 1.54) is 0 Å². The minimum absolute atomic E-state index is 0.0215. The molecule has 0 aliphatic heterocycles. The number of carbonyl (C=O) groups excluding carboxylic acids is 2. The fourth-order valence-electron chi connectivity index (χ4n) is 2.13. The monoisotopic (exact) mass is 346 g/mol. The van der Waals surface area contributed by atoms with Crippen LogP contribution in [0.1, 0.15) is 23.2 Å². The first-order valence-corrected chi connectivity index (χ1v) is 7.68. The number of fused-ring (bicyclic) bond motifs is 1. The third-order valence-corrected chi connectivity index (χ3v) is 3.91. The molecule has 2 amide bonds. The highest BCUT2D eigenvalue weighted by Crippen LogP contribution is 2.21. The fourth-order valence-corrected chi connectivity index (χ4v) is 2.51. The van der Waals surface area contributed by atoms with Gasteiger partial charge in [-0.2, -0.15) is 0 Å². The maximum Gasteiger partial charge on any atom is 0.251 e. The Morgan fingerprint density at radius 1 is 1.10 bits per heavy atom. The third kappa shape index (κ3) is 3.61. The summed E-state index contributed by atoms with van der Waals surface area (Å²) in [4.78, 5) is 23.6. The van der Waals surface area contributed by atoms with Crippen LogP contribution in [0.4, 0.5) is 0 Å². The summed E-state index contributed by atoms with van der Waals surface area (Å²) >= 11 is 3.42. The van der Waals surface area contributed by atoms with Crippen LogP contribution in [-0.4, -0.2) is 24.4 Å². The van der Waals surface area contributed by atoms with Gasteiger partial charge in [-0.25, -0.2) is 0 Å². The Labute approximate surface area is 131 Å². The molecular formula is C16H15BrN2O2. The maximum absolute atomic E-state index is 12.1. The molecule has 0 saturated heterocycles. The van der Waals surface area contributed by atoms with E-state index >= 15 is 0 Å². The van der Waals surface area contributed by atoms with Crippen LogP contribution in [0.25, 0.3) is 10.8 Å². The van der Waals surface area contributed by atoms with Crippen molar-refractivity contribution in [2.75, 3.05) is 6.54 Å². The molecule has 3 rings (SSSR count). The van der Waals surface area contributed by atoms with Crippen LogP contribution < -0.4 is 10.6 Å². The van der Waals surface area contributed by atoms with Gasteiger partial charge >= 0.3 is 0 Å². The van der Waals surface area contributed by atoms with E-state index < -0.39 is 0 Å². The van der Waals surface area contributed by atoms with Gasteiger partial charge in [0, 0.05) is 16.1 Å². The molecule has 2 aromatic rings. The van der Waals surface area contributed by atoms with Gasteiger partial charge in [0.15, 0.2) is 0 Å². The third-order valence-electron chi connectivity index (χ3n) is 3.42. The van der Waals surface area contributed by atoms with Gasteiger partial charge in [0.05, 0.1) is 6.54 Å². The second-order valence-corrected chi connectivity index (χ2v) is 6.15. The molecule has 2 aromatic carbocycles. The van der Waals surface area contributed by atoms with Crippen LogP contribution in [0.15, 0.2) is 40.9 Å². The molecule has 21 heavy (non-hydrogen) atoms. The summed E-state index contributed by atoms with van der Waals surface area (Å²) in [5.41, 5.74) is 0.559. The lowest BCUT2D eigenvalue weighted by Crippen LogP contribution is -2.37. The molecule has 0 bridgehead atoms. The van der Waals surface area contributed by atoms with Crippen molar-refractivity contribution in [3.8, 4) is 0 Å². The van der Waals surface area contributed by atoms with E-state index in [4.69, 9.17) is 0 Å². The molecule has 1 aliphatic carbocycles. The van der Waals surface area contributed by atoms with E-state index in [2.05, 4.69) is 26.6 Å². The molecule has 2 N–H and O–H groups in total. The summed E-state index contributed by atoms with van der Waals surface area (Å²) in [6, 6.07) is 11.7. The van der Waals surface area contributed by atoms with Gasteiger partial charge in [-0.1, -0.05) is 28.1 Å². The van der Waals surface area contributed by atoms with Gasteiger partial charge in [0.2, 0.25) is 5.91 Å². The molecule has 0 atom stereocenters. The lowest BCUT2D eigenvalue weighted by molar-refractivity contribution is -0.120. The molecule has 0 unspecified atom stereocenters. The summed E-state index contributed by atoms with van der Waals surface area (Å²) in [5, 5.41) is 7.54. The summed E-state index contributed by atoms with van der Waals surface area (Å²) < 4.78 is 1.00. The molecular weight excluding hydrogens is 332 g/mol. The van der Waals surface area contributed by atoms with E-state index in [0.717, 1.165) is 28.1 Å². The Hall–Kier alpha value is -1.88. The Morgan fingerprint density at radius 3 is 2.57 bits per heavy atom. The zero-order valence-electron chi connectivity index (χ0n) is 11.4. The number of hydrogen-bond donors (Lipinski definition) is 2. The van der Waals surface area contributed by atoms with Crippen LogP contribution in [0.2, 0.25) is 0 Å². The number of nitrogens with one attached hydrogen (secondary N) is 2. The van der Waals surface area contributed by atoms with Crippen LogP contribution in [0, 0.1) is 0 Å². The van der Waals surface area contributed by atoms with Crippen molar-refractivity contribution in [2.45, 2.75) is 18.9 Å². The van der Waals surface area contributed by atoms with Crippen molar-refractivity contribution in [1.29, 1.82) is 0 Å². The second-order valence-electron chi connectivity index (χ2n) is 5.23. The first-order valence-electron chi connectivity index (χ1n) is 6.89. The van der Waals surface area contributed by atoms with E-state index in [0.29, 0.717) is 11.6 Å². The molecule has 0 heterocycles. The topological polar surface area (TPSA) is 58.2 Å². The Balaban J connectivity index is 1.66. The minimum atomic E-state index is -0.231. The van der Waals surface area contributed by atoms with Crippen LogP contribution >= 0.6 is 15.9 Å². The van der Waals surface area contributed by atoms with Crippen molar-refractivity contribution in [3.63, 3.8) is 0 Å². The van der Waals surface area contributed by atoms with Crippen molar-refractivity contribution >= 4 is 38.5 Å². The lowest BCUT2D eigenvalue weighted by Gasteiger charge is -2.07. The van der Waals surface area contributed by atoms with Gasteiger partial charge < -0.3 is 10.6 Å². The predicted molar refractivity (Wildman–Crippen MR) is 85.1 cm³/mol. The van der Waals surface area contributed by atoms with Crippen molar-refractivity contribution in [2.24, 2.45) is 0 Å². The normalized spacial score (nSPS) is 14.0. The number of rotatable bonds is 4. The first-order chi connectivity index (χ1) is 10.1. The van der Waals surface area contributed by atoms with Gasteiger partial charge in [-0.15, -0.1) is 0 Å². The average Bonchev–Trinajstić information content (AvgIpc) is 3.28. The summed E-state index contributed by atoms with van der Waals surface area (Å²) in [7, 11) is 0. The zero-order valence-corrected chi connectivity index (χ0v) is 12.9. The molecule has 1 aliphatic rings. The largest absolute Gasteiger partial charge is 0.352 e. The predicted octanol–water partition coefficient (Wildman–Crippen LogP) is 2.61. The van der Waals surface area contributed by atoms with E-state index in [1.54, 1.807) is 6.07 Å². The van der Waals surface area contributed by atoms with Gasteiger partial charge in [-0.05, 0) is 47.9 Å². The Kier molecular flexibility index (Phi) is 3.92. The maximum atomic E-state index is 12.1. The van der Waals surface area contributed by atoms with Gasteiger partial charge in [-0.3, -0.25) is 9.59 Å². The fraction of sp³-hybridized carbons (Fsp3) is 0.250. The molecule has 0 radical (unpaired) electrons. The van der Waals surface area contributed by atoms with E-state index in [-0.39, 0.29) is 18.4 Å². The highest BCUT2D eigenvalue weighted by Gasteiger charge is 2.23. The van der Waals surface area contributed by atoms with Crippen LogP contribution in [-0.2, 0) is 4.79 Å². The number of carbonyl (C=O) groups is 2. The summed E-state index contributed by atoms with van der Waals surface area (Å²) in [5.74, 6) is -0.360. The number of halogens is 1. The quantitative estimate of drug-likeness (QED) is 0.893. The highest BCUT2D eigenvalue weighted by molar-refractivity contribution is 9.10. The SMILES string of the molecule is O=C(CNC(=O)c1ccc2cc(Br)ccc2c1)NC1CC1. The smallest absolute Gasteiger partial charge is 0.251 e. The van der Waals surface area contributed by atoms with Crippen LogP contribution in [0.3, 0.4) is 0 Å². The molecule has 0 spiro atoms. The number of hydrogen-bond acceptors (Lipinski definition) is 2. The van der Waals surface area contributed by atoms with Crippen molar-refractivity contribution < 1.29 is 9.59 Å². The van der Waals surface area contributed by atoms with Crippen molar-refractivity contribution in [3.05, 3.63) is 46.4 Å². The molecule has 0 aromatic heterocycles. The Bertz CT molecular complexity index is 710. The molecule has 1 saturated carbocycles. The summed E-state index contributed by atoms with van der Waals surface area (Å²) in [6.07, 6.45) is 2.08. The first kappa shape index (κ1) is 14.1. The molecule has 4 nitrogen and oxygen atoms in total. The standard InChI is InChI=1S/C16H15BrN2O2/c17-13-4-3-10-7-12(2-1-11(10)8-13)16(21)18-9-15(20)19-14-5-6-14/h1-4,7-8,14H,5-6,9H2,(H,18,21)(H,19,20). The van der Waals surface area contributed by atoms with Gasteiger partial charge in [0.1, 0.15) is 0 Å². The number of benzene rings is 2. The number of amides is 2. The summed E-state index contributed by atoms with van der Waals surface area (Å²) in [6.45, 7) is 0.0215. The lowest BCUT2D eigenvalue weighted by atomic mass is 10.1. The van der Waals surface area contributed by atoms with Crippen LogP contribution in [0.5, 0.6) is 0 Å². The minimum Gasteiger partial charge on any atom is -0.352 e.